The zero-order valence-corrected chi connectivity index (χ0v) is 13.8. The average Bonchev–Trinajstić information content (AvgIpc) is 2.45. The SMILES string of the molecule is [Ac].[NH-]C(CCCC1CC(O)CC1=O)C(=O)O. The zero-order chi connectivity index (χ0) is 11.4. The molecule has 1 saturated carbocycles. The Morgan fingerprint density at radius 1 is 1.56 bits per heavy atom. The average molecular weight is 441 g/mol. The standard InChI is InChI=1S/C10H16NO4.Ac/c11-8(10(14)15)3-1-2-6-4-7(12)5-9(6)13;/h6-8,11-12H,1-5H2,(H,14,15);/q-1;. The topological polar surface area (TPSA) is 98.4 Å². The van der Waals surface area contributed by atoms with Crippen LogP contribution >= 0.6 is 0 Å². The number of rotatable bonds is 5. The fraction of sp³-hybridized carbons (Fsp3) is 0.800. The van der Waals surface area contributed by atoms with E-state index in [1.807, 2.05) is 0 Å². The Morgan fingerprint density at radius 3 is 2.62 bits per heavy atom. The van der Waals surface area contributed by atoms with Gasteiger partial charge in [-0.2, -0.15) is 0 Å². The van der Waals surface area contributed by atoms with E-state index in [9.17, 15) is 14.7 Å². The van der Waals surface area contributed by atoms with Crippen molar-refractivity contribution in [3.05, 3.63) is 5.73 Å². The van der Waals surface area contributed by atoms with Crippen LogP contribution in [0.15, 0.2) is 0 Å². The van der Waals surface area contributed by atoms with Gasteiger partial charge in [-0.15, -0.1) is 0 Å². The molecule has 16 heavy (non-hydrogen) atoms. The summed E-state index contributed by atoms with van der Waals surface area (Å²) in [5.41, 5.74) is 7.16. The van der Waals surface area contributed by atoms with Crippen LogP contribution in [0.25, 0.3) is 5.73 Å². The molecule has 1 fully saturated rings. The number of carboxylic acid groups (broad SMARTS) is 1. The summed E-state index contributed by atoms with van der Waals surface area (Å²) >= 11 is 0. The number of hydrogen-bond donors (Lipinski definition) is 2. The second-order valence-electron chi connectivity index (χ2n) is 4.08. The fourth-order valence-corrected chi connectivity index (χ4v) is 1.91. The number of carbonyl (C=O) groups is 2. The number of hydrogen-bond acceptors (Lipinski definition) is 3. The predicted molar refractivity (Wildman–Crippen MR) is 53.3 cm³/mol. The smallest absolute Gasteiger partial charge is 0.285 e. The Labute approximate surface area is 130 Å². The molecule has 3 atom stereocenters. The normalized spacial score (nSPS) is 26.2. The minimum atomic E-state index is -1.12. The molecule has 0 aromatic heterocycles. The third-order valence-corrected chi connectivity index (χ3v) is 2.79. The number of ketones is 1. The summed E-state index contributed by atoms with van der Waals surface area (Å²) in [5, 5.41) is 17.7. The van der Waals surface area contributed by atoms with Crippen molar-refractivity contribution in [2.45, 2.75) is 44.2 Å². The van der Waals surface area contributed by atoms with Crippen molar-refractivity contribution in [3.8, 4) is 0 Å². The summed E-state index contributed by atoms with van der Waals surface area (Å²) in [6.45, 7) is 0. The number of aliphatic hydroxyl groups excluding tert-OH is 1. The van der Waals surface area contributed by atoms with E-state index in [2.05, 4.69) is 0 Å². The zero-order valence-electron chi connectivity index (χ0n) is 9.06. The van der Waals surface area contributed by atoms with Crippen LogP contribution in [0.1, 0.15) is 32.1 Å². The number of carbonyl (C=O) groups excluding carboxylic acids is 1. The van der Waals surface area contributed by atoms with E-state index in [4.69, 9.17) is 10.8 Å². The van der Waals surface area contributed by atoms with Crippen LogP contribution in [-0.4, -0.2) is 34.1 Å². The molecule has 3 unspecified atom stereocenters. The maximum atomic E-state index is 11.3. The van der Waals surface area contributed by atoms with Gasteiger partial charge in [0.1, 0.15) is 5.78 Å². The van der Waals surface area contributed by atoms with Crippen LogP contribution in [0.3, 0.4) is 0 Å². The number of aliphatic carboxylic acids is 1. The molecular formula is C10H16AcNO4-. The molecule has 0 aromatic rings. The van der Waals surface area contributed by atoms with Crippen molar-refractivity contribution >= 4 is 11.8 Å². The van der Waals surface area contributed by atoms with Crippen molar-refractivity contribution < 1.29 is 63.9 Å². The van der Waals surface area contributed by atoms with Crippen LogP contribution in [0, 0.1) is 50.0 Å². The maximum absolute atomic E-state index is 11.3. The van der Waals surface area contributed by atoms with E-state index >= 15 is 0 Å². The van der Waals surface area contributed by atoms with Crippen molar-refractivity contribution in [2.75, 3.05) is 0 Å². The summed E-state index contributed by atoms with van der Waals surface area (Å²) in [6, 6.07) is -1.09. The van der Waals surface area contributed by atoms with E-state index in [0.29, 0.717) is 19.3 Å². The number of Topliss-reactive ketones (excluding diaryl/α,β-unsaturated/α-hetero) is 1. The quantitative estimate of drug-likeness (QED) is 0.666. The molecule has 0 aliphatic heterocycles. The summed E-state index contributed by atoms with van der Waals surface area (Å²) < 4.78 is 0. The molecule has 3 N–H and O–H groups in total. The van der Waals surface area contributed by atoms with Crippen molar-refractivity contribution in [3.63, 3.8) is 0 Å². The molecule has 0 spiro atoms. The Kier molecular flexibility index (Phi) is 8.00. The van der Waals surface area contributed by atoms with Gasteiger partial charge in [0.25, 0.3) is 5.97 Å². The van der Waals surface area contributed by atoms with Crippen LogP contribution in [0.2, 0.25) is 0 Å². The van der Waals surface area contributed by atoms with Gasteiger partial charge in [-0.05, 0) is 18.9 Å². The van der Waals surface area contributed by atoms with Crippen LogP contribution in [-0.2, 0) is 9.59 Å². The van der Waals surface area contributed by atoms with Gasteiger partial charge in [-0.3, -0.25) is 9.59 Å². The predicted octanol–water partition coefficient (Wildman–Crippen LogP) is 1.00. The number of nitrogens with one attached hydrogen (secondary N) is 1. The van der Waals surface area contributed by atoms with E-state index in [-0.39, 0.29) is 68.6 Å². The molecule has 0 heterocycles. The van der Waals surface area contributed by atoms with Crippen molar-refractivity contribution in [2.24, 2.45) is 5.92 Å². The van der Waals surface area contributed by atoms with Gasteiger partial charge in [0.2, 0.25) is 0 Å². The third kappa shape index (κ3) is 5.22. The first-order valence-electron chi connectivity index (χ1n) is 5.15. The Hall–Kier alpha value is 0.502. The maximum Gasteiger partial charge on any atom is 0.285 e. The first-order valence-corrected chi connectivity index (χ1v) is 5.15. The second-order valence-corrected chi connectivity index (χ2v) is 4.08. The van der Waals surface area contributed by atoms with Gasteiger partial charge >= 0.3 is 0 Å². The summed E-state index contributed by atoms with van der Waals surface area (Å²) in [6.07, 6.45) is 1.63. The third-order valence-electron chi connectivity index (χ3n) is 2.79. The summed E-state index contributed by atoms with van der Waals surface area (Å²) in [7, 11) is 0. The van der Waals surface area contributed by atoms with Crippen LogP contribution in [0.4, 0.5) is 0 Å². The Balaban J connectivity index is 0.00000225. The number of aliphatic hydroxyl groups is 1. The minimum absolute atomic E-state index is 0. The van der Waals surface area contributed by atoms with E-state index < -0.39 is 18.1 Å². The van der Waals surface area contributed by atoms with Gasteiger partial charge in [0.15, 0.2) is 0 Å². The van der Waals surface area contributed by atoms with Gasteiger partial charge in [0, 0.05) is 56.4 Å². The van der Waals surface area contributed by atoms with Crippen LogP contribution in [0.5, 0.6) is 0 Å². The molecule has 6 heteroatoms. The van der Waals surface area contributed by atoms with Gasteiger partial charge in [-0.1, -0.05) is 12.8 Å². The molecule has 0 bridgehead atoms. The summed E-state index contributed by atoms with van der Waals surface area (Å²) in [4.78, 5) is 21.6. The van der Waals surface area contributed by atoms with Gasteiger partial charge < -0.3 is 15.9 Å². The first kappa shape index (κ1) is 16.5. The molecular weight excluding hydrogens is 425 g/mol. The van der Waals surface area contributed by atoms with Crippen molar-refractivity contribution in [1.29, 1.82) is 0 Å². The van der Waals surface area contributed by atoms with E-state index in [1.165, 1.54) is 0 Å². The molecule has 1 aliphatic carbocycles. The summed E-state index contributed by atoms with van der Waals surface area (Å²) in [5.74, 6) is -1.17. The molecule has 5 nitrogen and oxygen atoms in total. The molecule has 0 aromatic carbocycles. The second kappa shape index (κ2) is 7.76. The van der Waals surface area contributed by atoms with E-state index in [1.54, 1.807) is 0 Å². The monoisotopic (exact) mass is 441 g/mol. The number of carboxylic acids is 1. The molecule has 89 valence electrons. The van der Waals surface area contributed by atoms with E-state index in [0.717, 1.165) is 0 Å². The molecule has 0 saturated heterocycles. The van der Waals surface area contributed by atoms with Crippen LogP contribution < -0.4 is 0 Å². The Bertz CT molecular complexity index is 259. The Morgan fingerprint density at radius 2 is 2.19 bits per heavy atom. The molecule has 1 aliphatic rings. The minimum Gasteiger partial charge on any atom is -0.665 e. The largest absolute Gasteiger partial charge is 0.665 e. The van der Waals surface area contributed by atoms with Gasteiger partial charge in [-0.25, -0.2) is 0 Å². The molecule has 1 radical (unpaired) electrons. The molecule has 0 amide bonds. The van der Waals surface area contributed by atoms with Gasteiger partial charge in [0.05, 0.1) is 6.10 Å². The first-order chi connectivity index (χ1) is 7.00. The fourth-order valence-electron chi connectivity index (χ4n) is 1.91. The van der Waals surface area contributed by atoms with Crippen molar-refractivity contribution in [1.82, 2.24) is 0 Å². The molecule has 1 rings (SSSR count).